The molecule has 0 radical (unpaired) electrons. The first-order valence-electron chi connectivity index (χ1n) is 6.88. The number of sulfonamides is 1. The monoisotopic (exact) mass is 355 g/mol. The van der Waals surface area contributed by atoms with Gasteiger partial charge < -0.3 is 0 Å². The van der Waals surface area contributed by atoms with Gasteiger partial charge in [-0.2, -0.15) is 17.5 Å². The highest BCUT2D eigenvalue weighted by Gasteiger charge is 2.40. The molecule has 1 saturated heterocycles. The maximum Gasteiger partial charge on any atom is 0.417 e. The van der Waals surface area contributed by atoms with Crippen molar-refractivity contribution >= 4 is 21.6 Å². The molecule has 124 valence electrons. The molecule has 8 heteroatoms. The van der Waals surface area contributed by atoms with E-state index in [2.05, 4.69) is 0 Å². The van der Waals surface area contributed by atoms with Gasteiger partial charge in [-0.3, -0.25) is 0 Å². The van der Waals surface area contributed by atoms with Crippen LogP contribution in [0.2, 0.25) is 5.02 Å². The zero-order chi connectivity index (χ0) is 16.7. The van der Waals surface area contributed by atoms with Crippen LogP contribution < -0.4 is 0 Å². The van der Waals surface area contributed by atoms with Gasteiger partial charge in [0.15, 0.2) is 0 Å². The number of rotatable bonds is 2. The summed E-state index contributed by atoms with van der Waals surface area (Å²) in [6.45, 7) is 4.24. The van der Waals surface area contributed by atoms with Gasteiger partial charge in [-0.15, -0.1) is 0 Å². The van der Waals surface area contributed by atoms with Crippen molar-refractivity contribution in [3.63, 3.8) is 0 Å². The third kappa shape index (κ3) is 3.58. The maximum absolute atomic E-state index is 13.1. The quantitative estimate of drug-likeness (QED) is 0.803. The molecule has 22 heavy (non-hydrogen) atoms. The van der Waals surface area contributed by atoms with Gasteiger partial charge in [-0.25, -0.2) is 8.42 Å². The van der Waals surface area contributed by atoms with E-state index >= 15 is 0 Å². The van der Waals surface area contributed by atoms with E-state index < -0.39 is 26.7 Å². The van der Waals surface area contributed by atoms with Gasteiger partial charge >= 0.3 is 6.18 Å². The normalized spacial score (nSPS) is 24.5. The lowest BCUT2D eigenvalue weighted by molar-refractivity contribution is -0.139. The molecular formula is C14H17ClF3NO2S. The predicted octanol–water partition coefficient (Wildman–Crippen LogP) is 4.03. The van der Waals surface area contributed by atoms with Crippen molar-refractivity contribution in [1.29, 1.82) is 0 Å². The topological polar surface area (TPSA) is 37.4 Å². The van der Waals surface area contributed by atoms with Gasteiger partial charge in [0, 0.05) is 18.1 Å². The Labute approximate surface area is 133 Å². The molecule has 1 fully saturated rings. The molecule has 1 aromatic carbocycles. The molecule has 2 atom stereocenters. The Morgan fingerprint density at radius 1 is 1.18 bits per heavy atom. The maximum atomic E-state index is 13.1. The molecular weight excluding hydrogens is 339 g/mol. The van der Waals surface area contributed by atoms with Crippen LogP contribution in [0, 0.1) is 11.8 Å². The van der Waals surface area contributed by atoms with Crippen LogP contribution in [0.25, 0.3) is 0 Å². The number of piperidine rings is 1. The summed E-state index contributed by atoms with van der Waals surface area (Å²) in [5.74, 6) is 0.223. The third-order valence-corrected chi connectivity index (χ3v) is 5.83. The van der Waals surface area contributed by atoms with Crippen molar-refractivity contribution in [3.05, 3.63) is 28.8 Å². The standard InChI is InChI=1S/C14H17ClF3NO2S/c1-9-5-10(2)8-19(7-9)22(20,21)13-4-3-11(15)6-12(13)14(16,17)18/h3-4,6,9-10H,5,7-8H2,1-2H3. The minimum atomic E-state index is -4.78. The number of nitrogens with zero attached hydrogens (tertiary/aromatic N) is 1. The first kappa shape index (κ1) is 17.6. The van der Waals surface area contributed by atoms with Crippen LogP contribution >= 0.6 is 11.6 Å². The van der Waals surface area contributed by atoms with Gasteiger partial charge in [-0.1, -0.05) is 25.4 Å². The van der Waals surface area contributed by atoms with E-state index in [1.54, 1.807) is 0 Å². The zero-order valence-corrected chi connectivity index (χ0v) is 13.8. The lowest BCUT2D eigenvalue weighted by Gasteiger charge is -2.34. The van der Waals surface area contributed by atoms with Crippen LogP contribution in [0.15, 0.2) is 23.1 Å². The Morgan fingerprint density at radius 2 is 1.73 bits per heavy atom. The Balaban J connectivity index is 2.50. The molecule has 0 bridgehead atoms. The molecule has 3 nitrogen and oxygen atoms in total. The number of benzene rings is 1. The van der Waals surface area contributed by atoms with E-state index in [1.807, 2.05) is 13.8 Å². The van der Waals surface area contributed by atoms with Crippen molar-refractivity contribution in [1.82, 2.24) is 4.31 Å². The van der Waals surface area contributed by atoms with E-state index in [1.165, 1.54) is 6.07 Å². The van der Waals surface area contributed by atoms with Crippen molar-refractivity contribution < 1.29 is 21.6 Å². The summed E-state index contributed by atoms with van der Waals surface area (Å²) in [5, 5.41) is -0.147. The van der Waals surface area contributed by atoms with Crippen molar-refractivity contribution in [2.75, 3.05) is 13.1 Å². The van der Waals surface area contributed by atoms with Gasteiger partial charge in [0.05, 0.1) is 10.5 Å². The lowest BCUT2D eigenvalue weighted by Crippen LogP contribution is -2.43. The predicted molar refractivity (Wildman–Crippen MR) is 78.2 cm³/mol. The summed E-state index contributed by atoms with van der Waals surface area (Å²) >= 11 is 5.60. The summed E-state index contributed by atoms with van der Waals surface area (Å²) in [5.41, 5.74) is -1.22. The van der Waals surface area contributed by atoms with Crippen LogP contribution in [-0.2, 0) is 16.2 Å². The van der Waals surface area contributed by atoms with Crippen LogP contribution in [0.5, 0.6) is 0 Å². The molecule has 0 aromatic heterocycles. The Bertz CT molecular complexity index is 651. The SMILES string of the molecule is CC1CC(C)CN(S(=O)(=O)c2ccc(Cl)cc2C(F)(F)F)C1. The molecule has 1 aromatic rings. The van der Waals surface area contributed by atoms with Crippen LogP contribution in [-0.4, -0.2) is 25.8 Å². The molecule has 1 aliphatic heterocycles. The van der Waals surface area contributed by atoms with E-state index in [0.29, 0.717) is 6.07 Å². The Morgan fingerprint density at radius 3 is 2.23 bits per heavy atom. The average molecular weight is 356 g/mol. The van der Waals surface area contributed by atoms with Gasteiger partial charge in [0.2, 0.25) is 10.0 Å². The fraction of sp³-hybridized carbons (Fsp3) is 0.571. The number of alkyl halides is 3. The summed E-state index contributed by atoms with van der Waals surface area (Å²) in [6, 6.07) is 2.76. The molecule has 0 N–H and O–H groups in total. The number of hydrogen-bond donors (Lipinski definition) is 0. The minimum Gasteiger partial charge on any atom is -0.207 e. The Kier molecular flexibility index (Phi) is 4.80. The molecule has 1 aliphatic rings. The fourth-order valence-corrected chi connectivity index (χ4v) is 4.93. The second-order valence-corrected chi connectivity index (χ2v) is 8.25. The van der Waals surface area contributed by atoms with Crippen LogP contribution in [0.4, 0.5) is 13.2 Å². The van der Waals surface area contributed by atoms with Crippen molar-refractivity contribution in [2.24, 2.45) is 11.8 Å². The molecule has 0 amide bonds. The van der Waals surface area contributed by atoms with E-state index in [4.69, 9.17) is 11.6 Å². The molecule has 0 spiro atoms. The minimum absolute atomic E-state index is 0.111. The first-order valence-corrected chi connectivity index (χ1v) is 8.70. The van der Waals surface area contributed by atoms with Crippen molar-refractivity contribution in [3.8, 4) is 0 Å². The molecule has 0 aliphatic carbocycles. The lowest BCUT2D eigenvalue weighted by atomic mass is 9.94. The first-order chi connectivity index (χ1) is 10.0. The highest BCUT2D eigenvalue weighted by molar-refractivity contribution is 7.89. The smallest absolute Gasteiger partial charge is 0.207 e. The largest absolute Gasteiger partial charge is 0.417 e. The van der Waals surface area contributed by atoms with Gasteiger partial charge in [-0.05, 0) is 36.5 Å². The van der Waals surface area contributed by atoms with E-state index in [0.717, 1.165) is 16.8 Å². The molecule has 1 heterocycles. The second kappa shape index (κ2) is 6.02. The van der Waals surface area contributed by atoms with Gasteiger partial charge in [0.1, 0.15) is 0 Å². The summed E-state index contributed by atoms with van der Waals surface area (Å²) < 4.78 is 65.8. The summed E-state index contributed by atoms with van der Waals surface area (Å²) in [6.07, 6.45) is -3.92. The number of halogens is 4. The zero-order valence-electron chi connectivity index (χ0n) is 12.2. The van der Waals surface area contributed by atoms with Crippen LogP contribution in [0.3, 0.4) is 0 Å². The van der Waals surface area contributed by atoms with Crippen LogP contribution in [0.1, 0.15) is 25.8 Å². The number of hydrogen-bond acceptors (Lipinski definition) is 2. The van der Waals surface area contributed by atoms with Crippen molar-refractivity contribution in [2.45, 2.75) is 31.3 Å². The Hall–Kier alpha value is -0.790. The van der Waals surface area contributed by atoms with E-state index in [9.17, 15) is 21.6 Å². The van der Waals surface area contributed by atoms with E-state index in [-0.39, 0.29) is 29.9 Å². The highest BCUT2D eigenvalue weighted by atomic mass is 35.5. The average Bonchev–Trinajstić information content (AvgIpc) is 2.36. The second-order valence-electron chi connectivity index (χ2n) is 5.91. The summed E-state index contributed by atoms with van der Waals surface area (Å²) in [4.78, 5) is -0.731. The molecule has 0 saturated carbocycles. The highest BCUT2D eigenvalue weighted by Crippen LogP contribution is 2.38. The summed E-state index contributed by atoms with van der Waals surface area (Å²) in [7, 11) is -4.20. The fourth-order valence-electron chi connectivity index (χ4n) is 2.89. The molecule has 2 rings (SSSR count). The third-order valence-electron chi connectivity index (χ3n) is 3.70. The van der Waals surface area contributed by atoms with Gasteiger partial charge in [0.25, 0.3) is 0 Å². The molecule has 2 unspecified atom stereocenters.